The van der Waals surface area contributed by atoms with Gasteiger partial charge in [0, 0.05) is 15.7 Å². The predicted octanol–water partition coefficient (Wildman–Crippen LogP) is 3.37. The fourth-order valence-electron chi connectivity index (χ4n) is 1.72. The van der Waals surface area contributed by atoms with E-state index in [1.807, 2.05) is 27.7 Å². The molecule has 106 valence electrons. The Morgan fingerprint density at radius 2 is 1.95 bits per heavy atom. The van der Waals surface area contributed by atoms with E-state index in [9.17, 15) is 4.79 Å². The second kappa shape index (κ2) is 5.92. The molecule has 19 heavy (non-hydrogen) atoms. The van der Waals surface area contributed by atoms with Crippen molar-refractivity contribution in [3.63, 3.8) is 0 Å². The van der Waals surface area contributed by atoms with Crippen LogP contribution in [0.5, 0.6) is 0 Å². The van der Waals surface area contributed by atoms with Crippen LogP contribution in [0.25, 0.3) is 0 Å². The van der Waals surface area contributed by atoms with E-state index in [0.717, 1.165) is 10.0 Å². The Bertz CT molecular complexity index is 480. The molecule has 1 aromatic rings. The highest BCUT2D eigenvalue weighted by Crippen LogP contribution is 2.35. The van der Waals surface area contributed by atoms with Crippen LogP contribution < -0.4 is 5.73 Å². The van der Waals surface area contributed by atoms with Gasteiger partial charge in [-0.3, -0.25) is 0 Å². The van der Waals surface area contributed by atoms with Crippen LogP contribution in [-0.2, 0) is 14.3 Å². The summed E-state index contributed by atoms with van der Waals surface area (Å²) in [4.78, 5) is 12.0. The molecule has 0 unspecified atom stereocenters. The van der Waals surface area contributed by atoms with Gasteiger partial charge in [0.25, 0.3) is 0 Å². The molecule has 0 saturated carbocycles. The van der Waals surface area contributed by atoms with Crippen molar-refractivity contribution in [1.29, 1.82) is 0 Å². The molecule has 0 aliphatic heterocycles. The molecular weight excluding hydrogens is 310 g/mol. The highest BCUT2D eigenvalue weighted by atomic mass is 79.9. The lowest BCUT2D eigenvalue weighted by Gasteiger charge is -2.28. The number of anilines is 1. The van der Waals surface area contributed by atoms with E-state index in [2.05, 4.69) is 15.9 Å². The first-order chi connectivity index (χ1) is 8.67. The predicted molar refractivity (Wildman–Crippen MR) is 78.9 cm³/mol. The normalized spacial score (nSPS) is 13.2. The van der Waals surface area contributed by atoms with E-state index in [1.54, 1.807) is 12.1 Å². The summed E-state index contributed by atoms with van der Waals surface area (Å²) in [6, 6.07) is 3.59. The van der Waals surface area contributed by atoms with Crippen molar-refractivity contribution < 1.29 is 14.3 Å². The van der Waals surface area contributed by atoms with Crippen molar-refractivity contribution >= 4 is 27.6 Å². The number of halogens is 1. The molecule has 0 heterocycles. The average Bonchev–Trinajstić information content (AvgIpc) is 2.30. The molecular formula is C14H20BrNO3. The van der Waals surface area contributed by atoms with Crippen molar-refractivity contribution in [2.75, 3.05) is 12.8 Å². The van der Waals surface area contributed by atoms with Gasteiger partial charge < -0.3 is 15.2 Å². The zero-order valence-corrected chi connectivity index (χ0v) is 13.5. The molecule has 0 saturated heterocycles. The van der Waals surface area contributed by atoms with Gasteiger partial charge in [0.05, 0.1) is 12.7 Å². The van der Waals surface area contributed by atoms with Gasteiger partial charge in [-0.2, -0.15) is 0 Å². The second-order valence-electron chi connectivity index (χ2n) is 5.31. The monoisotopic (exact) mass is 329 g/mol. The molecule has 4 nitrogen and oxygen atoms in total. The van der Waals surface area contributed by atoms with E-state index in [4.69, 9.17) is 15.2 Å². The largest absolute Gasteiger partial charge is 0.467 e. The molecule has 0 aromatic heterocycles. The third kappa shape index (κ3) is 3.94. The summed E-state index contributed by atoms with van der Waals surface area (Å²) in [5, 5.41) is 0. The average molecular weight is 330 g/mol. The van der Waals surface area contributed by atoms with E-state index in [1.165, 1.54) is 7.11 Å². The Hall–Kier alpha value is -1.07. The van der Waals surface area contributed by atoms with Crippen LogP contribution in [0.1, 0.15) is 38.0 Å². The minimum absolute atomic E-state index is 0.440. The van der Waals surface area contributed by atoms with Gasteiger partial charge in [0.1, 0.15) is 0 Å². The molecule has 5 heteroatoms. The molecule has 0 aliphatic rings. The molecule has 0 fully saturated rings. The van der Waals surface area contributed by atoms with Crippen LogP contribution in [-0.4, -0.2) is 18.7 Å². The van der Waals surface area contributed by atoms with Crippen molar-refractivity contribution in [2.45, 2.75) is 39.4 Å². The van der Waals surface area contributed by atoms with Gasteiger partial charge in [-0.25, -0.2) is 4.79 Å². The molecule has 0 radical (unpaired) electrons. The van der Waals surface area contributed by atoms with Gasteiger partial charge in [-0.05, 0) is 45.4 Å². The topological polar surface area (TPSA) is 61.5 Å². The Morgan fingerprint density at radius 3 is 2.42 bits per heavy atom. The molecule has 0 spiro atoms. The van der Waals surface area contributed by atoms with E-state index in [0.29, 0.717) is 11.3 Å². The summed E-state index contributed by atoms with van der Waals surface area (Å²) >= 11 is 3.44. The van der Waals surface area contributed by atoms with Crippen molar-refractivity contribution in [2.24, 2.45) is 0 Å². The maximum absolute atomic E-state index is 12.0. The van der Waals surface area contributed by atoms with Gasteiger partial charge in [-0.15, -0.1) is 0 Å². The summed E-state index contributed by atoms with van der Waals surface area (Å²) in [5.41, 5.74) is 7.57. The number of carbonyl (C=O) groups excluding carboxylic acids is 1. The maximum atomic E-state index is 12.0. The fourth-order valence-corrected chi connectivity index (χ4v) is 2.36. The zero-order valence-electron chi connectivity index (χ0n) is 11.9. The van der Waals surface area contributed by atoms with E-state index < -0.39 is 17.7 Å². The first kappa shape index (κ1) is 16.0. The van der Waals surface area contributed by atoms with Crippen LogP contribution in [0.2, 0.25) is 0 Å². The molecule has 1 aromatic carbocycles. The van der Waals surface area contributed by atoms with Crippen LogP contribution in [0.3, 0.4) is 0 Å². The number of hydrogen-bond donors (Lipinski definition) is 1. The van der Waals surface area contributed by atoms with E-state index in [-0.39, 0.29) is 0 Å². The Labute approximate surface area is 122 Å². The third-order valence-electron chi connectivity index (χ3n) is 2.65. The van der Waals surface area contributed by atoms with Crippen molar-refractivity contribution in [3.8, 4) is 0 Å². The maximum Gasteiger partial charge on any atom is 0.339 e. The fraction of sp³-hybridized carbons (Fsp3) is 0.500. The zero-order chi connectivity index (χ0) is 14.8. The highest BCUT2D eigenvalue weighted by Gasteiger charge is 2.31. The molecule has 2 N–H and O–H groups in total. The lowest BCUT2D eigenvalue weighted by Crippen LogP contribution is -2.29. The summed E-state index contributed by atoms with van der Waals surface area (Å²) in [6.45, 7) is 7.52. The summed E-state index contributed by atoms with van der Waals surface area (Å²) in [5.74, 6) is -0.440. The number of nitrogen functional groups attached to an aromatic ring is 1. The van der Waals surface area contributed by atoms with Gasteiger partial charge in [-0.1, -0.05) is 15.9 Å². The highest BCUT2D eigenvalue weighted by molar-refractivity contribution is 9.10. The number of carbonyl (C=O) groups is 1. The van der Waals surface area contributed by atoms with Crippen molar-refractivity contribution in [3.05, 3.63) is 27.7 Å². The quantitative estimate of drug-likeness (QED) is 0.682. The molecule has 1 rings (SSSR count). The van der Waals surface area contributed by atoms with Gasteiger partial charge in [0.15, 0.2) is 6.10 Å². The Kier molecular flexibility index (Phi) is 4.98. The number of esters is 1. The Morgan fingerprint density at radius 1 is 1.37 bits per heavy atom. The second-order valence-corrected chi connectivity index (χ2v) is 6.16. The van der Waals surface area contributed by atoms with Crippen LogP contribution >= 0.6 is 15.9 Å². The van der Waals surface area contributed by atoms with Crippen LogP contribution in [0.15, 0.2) is 16.6 Å². The summed E-state index contributed by atoms with van der Waals surface area (Å²) < 4.78 is 11.4. The SMILES string of the molecule is COC(=O)[C@@H](OC(C)(C)C)c1c(Br)ccc(N)c1C. The molecule has 0 amide bonds. The van der Waals surface area contributed by atoms with Gasteiger partial charge in [0.2, 0.25) is 0 Å². The number of hydrogen-bond acceptors (Lipinski definition) is 4. The standard InChI is InChI=1S/C14H20BrNO3/c1-8-10(16)7-6-9(15)11(8)12(13(17)18-5)19-14(2,3)4/h6-7,12H,16H2,1-5H3/t12-/m0/s1. The first-order valence-electron chi connectivity index (χ1n) is 5.97. The third-order valence-corrected chi connectivity index (χ3v) is 3.34. The number of benzene rings is 1. The van der Waals surface area contributed by atoms with Crippen molar-refractivity contribution in [1.82, 2.24) is 0 Å². The van der Waals surface area contributed by atoms with Crippen LogP contribution in [0, 0.1) is 6.92 Å². The van der Waals surface area contributed by atoms with Crippen LogP contribution in [0.4, 0.5) is 5.69 Å². The molecule has 1 atom stereocenters. The Balaban J connectivity index is 3.33. The number of methoxy groups -OCH3 is 1. The number of rotatable bonds is 3. The lowest BCUT2D eigenvalue weighted by atomic mass is 10.0. The van der Waals surface area contributed by atoms with Gasteiger partial charge >= 0.3 is 5.97 Å². The summed E-state index contributed by atoms with van der Waals surface area (Å²) in [6.07, 6.45) is -0.803. The molecule has 0 aliphatic carbocycles. The number of nitrogens with two attached hydrogens (primary N) is 1. The summed E-state index contributed by atoms with van der Waals surface area (Å²) in [7, 11) is 1.34. The molecule has 0 bridgehead atoms. The minimum atomic E-state index is -0.803. The smallest absolute Gasteiger partial charge is 0.339 e. The minimum Gasteiger partial charge on any atom is -0.467 e. The lowest BCUT2D eigenvalue weighted by molar-refractivity contribution is -0.164. The van der Waals surface area contributed by atoms with E-state index >= 15 is 0 Å². The first-order valence-corrected chi connectivity index (χ1v) is 6.77. The number of ether oxygens (including phenoxy) is 2.